The Bertz CT molecular complexity index is 807. The molecule has 2 aromatic carbocycles. The summed E-state index contributed by atoms with van der Waals surface area (Å²) in [6.07, 6.45) is -4.86. The van der Waals surface area contributed by atoms with E-state index in [1.807, 2.05) is 0 Å². The van der Waals surface area contributed by atoms with E-state index < -0.39 is 29.2 Å². The number of hydrogen-bond acceptors (Lipinski definition) is 2. The zero-order chi connectivity index (χ0) is 18.6. The van der Waals surface area contributed by atoms with Gasteiger partial charge in [0.2, 0.25) is 11.8 Å². The predicted molar refractivity (Wildman–Crippen MR) is 89.5 cm³/mol. The molecule has 0 aliphatic rings. The summed E-state index contributed by atoms with van der Waals surface area (Å²) < 4.78 is 39.7. The van der Waals surface area contributed by atoms with Gasteiger partial charge in [-0.15, -0.1) is 0 Å². The first-order chi connectivity index (χ1) is 11.7. The smallest absolute Gasteiger partial charge is 0.326 e. The fourth-order valence-electron chi connectivity index (χ4n) is 2.18. The van der Waals surface area contributed by atoms with Crippen LogP contribution < -0.4 is 10.6 Å². The van der Waals surface area contributed by atoms with Crippen LogP contribution in [0, 0.1) is 0 Å². The van der Waals surface area contributed by atoms with Gasteiger partial charge in [-0.2, -0.15) is 13.2 Å². The topological polar surface area (TPSA) is 58.2 Å². The van der Waals surface area contributed by atoms with Gasteiger partial charge in [-0.25, -0.2) is 0 Å². The van der Waals surface area contributed by atoms with E-state index in [0.717, 1.165) is 12.1 Å². The first-order valence-electron chi connectivity index (χ1n) is 7.19. The summed E-state index contributed by atoms with van der Waals surface area (Å²) in [6, 6.07) is 9.72. The lowest BCUT2D eigenvalue weighted by Crippen LogP contribution is -2.19. The van der Waals surface area contributed by atoms with Crippen LogP contribution >= 0.6 is 11.6 Å². The van der Waals surface area contributed by atoms with Gasteiger partial charge in [0.05, 0.1) is 17.7 Å². The Balaban J connectivity index is 2.24. The minimum atomic E-state index is -4.69. The van der Waals surface area contributed by atoms with E-state index in [4.69, 9.17) is 11.6 Å². The molecular formula is C17H14ClF3N2O2. The second-order valence-electron chi connectivity index (χ2n) is 5.26. The van der Waals surface area contributed by atoms with E-state index in [1.54, 1.807) is 24.3 Å². The second-order valence-corrected chi connectivity index (χ2v) is 5.66. The fourth-order valence-corrected chi connectivity index (χ4v) is 2.38. The average Bonchev–Trinajstić information content (AvgIpc) is 2.49. The van der Waals surface area contributed by atoms with Crippen molar-refractivity contribution in [2.24, 2.45) is 0 Å². The molecule has 2 rings (SSSR count). The van der Waals surface area contributed by atoms with Crippen LogP contribution in [0.15, 0.2) is 42.5 Å². The zero-order valence-electron chi connectivity index (χ0n) is 13.1. The van der Waals surface area contributed by atoms with E-state index in [1.165, 1.54) is 13.0 Å². The normalized spacial score (nSPS) is 11.1. The van der Waals surface area contributed by atoms with Gasteiger partial charge in [0.1, 0.15) is 0 Å². The number of halogens is 4. The molecule has 0 saturated heterocycles. The predicted octanol–water partition coefficient (Wildman–Crippen LogP) is 4.50. The minimum Gasteiger partial charge on any atom is -0.326 e. The highest BCUT2D eigenvalue weighted by Crippen LogP contribution is 2.36. The minimum absolute atomic E-state index is 0.0103. The molecule has 0 heterocycles. The third kappa shape index (κ3) is 5.22. The molecule has 0 aromatic heterocycles. The van der Waals surface area contributed by atoms with Crippen molar-refractivity contribution >= 4 is 34.8 Å². The fraction of sp³-hybridized carbons (Fsp3) is 0.176. The van der Waals surface area contributed by atoms with Crippen molar-refractivity contribution in [2.45, 2.75) is 19.5 Å². The number of rotatable bonds is 4. The van der Waals surface area contributed by atoms with Gasteiger partial charge < -0.3 is 10.6 Å². The molecule has 8 heteroatoms. The van der Waals surface area contributed by atoms with Crippen LogP contribution in [0.25, 0.3) is 0 Å². The van der Waals surface area contributed by atoms with Crippen molar-refractivity contribution in [3.63, 3.8) is 0 Å². The first-order valence-corrected chi connectivity index (χ1v) is 7.56. The molecule has 0 aliphatic heterocycles. The van der Waals surface area contributed by atoms with Crippen LogP contribution in [-0.4, -0.2) is 11.8 Å². The lowest BCUT2D eigenvalue weighted by Gasteiger charge is -2.15. The summed E-state index contributed by atoms with van der Waals surface area (Å²) in [5, 5.41) is 4.88. The molecule has 0 aliphatic carbocycles. The second kappa shape index (κ2) is 7.57. The first kappa shape index (κ1) is 18.8. The number of benzene rings is 2. The molecule has 132 valence electrons. The van der Waals surface area contributed by atoms with Crippen molar-refractivity contribution in [1.82, 2.24) is 0 Å². The van der Waals surface area contributed by atoms with Gasteiger partial charge >= 0.3 is 6.18 Å². The van der Waals surface area contributed by atoms with Gasteiger partial charge in [-0.1, -0.05) is 29.8 Å². The molecule has 2 amide bonds. The standard InChI is InChI=1S/C17H14ClF3N2O2/c1-10(24)22-12-6-7-15(13(9-12)17(19,20)21)23-16(25)8-11-4-2-3-5-14(11)18/h2-7,9H,8H2,1H3,(H,22,24)(H,23,25). The molecule has 4 nitrogen and oxygen atoms in total. The quantitative estimate of drug-likeness (QED) is 0.832. The van der Waals surface area contributed by atoms with Crippen molar-refractivity contribution in [3.05, 3.63) is 58.6 Å². The van der Waals surface area contributed by atoms with E-state index >= 15 is 0 Å². The summed E-state index contributed by atoms with van der Waals surface area (Å²) in [4.78, 5) is 23.1. The van der Waals surface area contributed by atoms with E-state index in [2.05, 4.69) is 10.6 Å². The molecule has 2 aromatic rings. The van der Waals surface area contributed by atoms with Gasteiger partial charge in [-0.3, -0.25) is 9.59 Å². The van der Waals surface area contributed by atoms with Crippen LogP contribution in [-0.2, 0) is 22.2 Å². The van der Waals surface area contributed by atoms with E-state index in [0.29, 0.717) is 10.6 Å². The van der Waals surface area contributed by atoms with Crippen molar-refractivity contribution in [3.8, 4) is 0 Å². The highest BCUT2D eigenvalue weighted by atomic mass is 35.5. The Hall–Kier alpha value is -2.54. The lowest BCUT2D eigenvalue weighted by atomic mass is 10.1. The van der Waals surface area contributed by atoms with Gasteiger partial charge in [0, 0.05) is 17.6 Å². The molecule has 0 spiro atoms. The molecule has 25 heavy (non-hydrogen) atoms. The number of nitrogens with one attached hydrogen (secondary N) is 2. The van der Waals surface area contributed by atoms with E-state index in [-0.39, 0.29) is 12.1 Å². The summed E-state index contributed by atoms with van der Waals surface area (Å²) >= 11 is 5.94. The third-order valence-corrected chi connectivity index (χ3v) is 3.60. The summed E-state index contributed by atoms with van der Waals surface area (Å²) in [5.41, 5.74) is -0.945. The number of hydrogen-bond donors (Lipinski definition) is 2. The SMILES string of the molecule is CC(=O)Nc1ccc(NC(=O)Cc2ccccc2Cl)c(C(F)(F)F)c1. The molecule has 0 fully saturated rings. The molecular weight excluding hydrogens is 357 g/mol. The highest BCUT2D eigenvalue weighted by Gasteiger charge is 2.34. The Morgan fingerprint density at radius 2 is 1.76 bits per heavy atom. The average molecular weight is 371 g/mol. The highest BCUT2D eigenvalue weighted by molar-refractivity contribution is 6.31. The number of alkyl halides is 3. The van der Waals surface area contributed by atoms with Crippen LogP contribution in [0.2, 0.25) is 5.02 Å². The molecule has 0 radical (unpaired) electrons. The maximum Gasteiger partial charge on any atom is 0.418 e. The molecule has 0 atom stereocenters. The monoisotopic (exact) mass is 370 g/mol. The van der Waals surface area contributed by atoms with Crippen LogP contribution in [0.5, 0.6) is 0 Å². The summed E-state index contributed by atoms with van der Waals surface area (Å²) in [6.45, 7) is 1.19. The van der Waals surface area contributed by atoms with Crippen LogP contribution in [0.1, 0.15) is 18.1 Å². The Morgan fingerprint density at radius 3 is 2.36 bits per heavy atom. The molecule has 2 N–H and O–H groups in total. The van der Waals surface area contributed by atoms with Crippen LogP contribution in [0.4, 0.5) is 24.5 Å². The Morgan fingerprint density at radius 1 is 1.08 bits per heavy atom. The van der Waals surface area contributed by atoms with Crippen molar-refractivity contribution in [1.29, 1.82) is 0 Å². The van der Waals surface area contributed by atoms with Gasteiger partial charge in [-0.05, 0) is 29.8 Å². The Kier molecular flexibility index (Phi) is 5.69. The molecule has 0 unspecified atom stereocenters. The number of carbonyl (C=O) groups is 2. The number of carbonyl (C=O) groups excluding carboxylic acids is 2. The van der Waals surface area contributed by atoms with E-state index in [9.17, 15) is 22.8 Å². The van der Waals surface area contributed by atoms with Gasteiger partial charge in [0.25, 0.3) is 0 Å². The largest absolute Gasteiger partial charge is 0.418 e. The zero-order valence-corrected chi connectivity index (χ0v) is 13.8. The third-order valence-electron chi connectivity index (χ3n) is 3.23. The number of anilines is 2. The van der Waals surface area contributed by atoms with Gasteiger partial charge in [0.15, 0.2) is 0 Å². The lowest BCUT2D eigenvalue weighted by molar-refractivity contribution is -0.137. The van der Waals surface area contributed by atoms with Crippen molar-refractivity contribution in [2.75, 3.05) is 10.6 Å². The molecule has 0 bridgehead atoms. The summed E-state index contributed by atoms with van der Waals surface area (Å²) in [5.74, 6) is -1.13. The summed E-state index contributed by atoms with van der Waals surface area (Å²) in [7, 11) is 0. The maximum absolute atomic E-state index is 13.2. The maximum atomic E-state index is 13.2. The Labute approximate surface area is 147 Å². The van der Waals surface area contributed by atoms with Crippen molar-refractivity contribution < 1.29 is 22.8 Å². The molecule has 0 saturated carbocycles. The van der Waals surface area contributed by atoms with Crippen LogP contribution in [0.3, 0.4) is 0 Å². The number of amides is 2.